The van der Waals surface area contributed by atoms with Crippen molar-refractivity contribution in [1.29, 1.82) is 0 Å². The molecule has 0 N–H and O–H groups in total. The van der Waals surface area contributed by atoms with Gasteiger partial charge >= 0.3 is 0 Å². The quantitative estimate of drug-likeness (QED) is 0.732. The van der Waals surface area contributed by atoms with Gasteiger partial charge in [-0.2, -0.15) is 11.8 Å². The van der Waals surface area contributed by atoms with Crippen LogP contribution >= 0.6 is 11.8 Å². The lowest BCUT2D eigenvalue weighted by Crippen LogP contribution is -2.07. The van der Waals surface area contributed by atoms with Crippen LogP contribution in [0.25, 0.3) is 5.69 Å². The Balaban J connectivity index is 2.09. The monoisotopic (exact) mass is 217 g/mol. The Morgan fingerprint density at radius 1 is 1.20 bits per heavy atom. The Labute approximate surface area is 92.5 Å². The molecule has 76 valence electrons. The molecule has 3 nitrogen and oxygen atoms in total. The van der Waals surface area contributed by atoms with Crippen LogP contribution in [0.1, 0.15) is 11.4 Å². The standard InChI is InChI=1S/C11H11N3S/c1-2-4-9(5-3-1)14-11-6-7-15-8-10(11)12-13-14/h1-5H,6-8H2. The molecule has 0 spiro atoms. The Morgan fingerprint density at radius 3 is 2.93 bits per heavy atom. The lowest BCUT2D eigenvalue weighted by atomic mass is 10.2. The number of aromatic nitrogens is 3. The summed E-state index contributed by atoms with van der Waals surface area (Å²) in [6, 6.07) is 10.2. The van der Waals surface area contributed by atoms with Crippen molar-refractivity contribution < 1.29 is 0 Å². The molecule has 1 aromatic carbocycles. The van der Waals surface area contributed by atoms with E-state index in [1.807, 2.05) is 34.6 Å². The summed E-state index contributed by atoms with van der Waals surface area (Å²) in [5.41, 5.74) is 3.54. The van der Waals surface area contributed by atoms with Gasteiger partial charge in [-0.15, -0.1) is 5.10 Å². The van der Waals surface area contributed by atoms with Crippen LogP contribution < -0.4 is 0 Å². The fourth-order valence-electron chi connectivity index (χ4n) is 1.81. The van der Waals surface area contributed by atoms with Gasteiger partial charge in [0, 0.05) is 12.2 Å². The summed E-state index contributed by atoms with van der Waals surface area (Å²) in [6.45, 7) is 0. The molecule has 1 aliphatic rings. The number of fused-ring (bicyclic) bond motifs is 1. The van der Waals surface area contributed by atoms with Crippen LogP contribution in [-0.4, -0.2) is 20.7 Å². The molecular weight excluding hydrogens is 206 g/mol. The van der Waals surface area contributed by atoms with Gasteiger partial charge in [0.1, 0.15) is 0 Å². The number of benzene rings is 1. The van der Waals surface area contributed by atoms with E-state index in [2.05, 4.69) is 22.4 Å². The lowest BCUT2D eigenvalue weighted by Gasteiger charge is -2.11. The van der Waals surface area contributed by atoms with Crippen molar-refractivity contribution in [3.63, 3.8) is 0 Å². The molecule has 1 aromatic heterocycles. The maximum atomic E-state index is 4.23. The molecule has 3 rings (SSSR count). The van der Waals surface area contributed by atoms with Gasteiger partial charge in [-0.3, -0.25) is 0 Å². The third-order valence-electron chi connectivity index (χ3n) is 2.57. The highest BCUT2D eigenvalue weighted by Crippen LogP contribution is 2.24. The van der Waals surface area contributed by atoms with Crippen LogP contribution in [0.3, 0.4) is 0 Å². The number of nitrogens with zero attached hydrogens (tertiary/aromatic N) is 3. The third kappa shape index (κ3) is 1.55. The number of hydrogen-bond acceptors (Lipinski definition) is 3. The molecule has 0 bridgehead atoms. The van der Waals surface area contributed by atoms with Crippen LogP contribution in [0.5, 0.6) is 0 Å². The summed E-state index contributed by atoms with van der Waals surface area (Å²) >= 11 is 1.93. The van der Waals surface area contributed by atoms with Crippen LogP contribution in [0.15, 0.2) is 30.3 Å². The Hall–Kier alpha value is -1.29. The Kier molecular flexibility index (Phi) is 2.21. The first-order chi connectivity index (χ1) is 7.45. The molecule has 4 heteroatoms. The van der Waals surface area contributed by atoms with Crippen molar-refractivity contribution in [2.24, 2.45) is 0 Å². The first-order valence-electron chi connectivity index (χ1n) is 5.02. The van der Waals surface area contributed by atoms with Crippen molar-refractivity contribution in [3.05, 3.63) is 41.7 Å². The topological polar surface area (TPSA) is 30.7 Å². The second kappa shape index (κ2) is 3.70. The summed E-state index contributed by atoms with van der Waals surface area (Å²) in [5, 5.41) is 8.45. The maximum Gasteiger partial charge on any atom is 0.0962 e. The molecule has 0 fully saturated rings. The molecule has 0 amide bonds. The molecule has 0 saturated heterocycles. The zero-order valence-corrected chi connectivity index (χ0v) is 9.07. The Bertz CT molecular complexity index is 464. The van der Waals surface area contributed by atoms with Gasteiger partial charge < -0.3 is 0 Å². The summed E-state index contributed by atoms with van der Waals surface area (Å²) in [7, 11) is 0. The largest absolute Gasteiger partial charge is 0.217 e. The minimum atomic E-state index is 1.00. The average molecular weight is 217 g/mol. The second-order valence-corrected chi connectivity index (χ2v) is 4.64. The smallest absolute Gasteiger partial charge is 0.0962 e. The molecule has 0 saturated carbocycles. The molecule has 0 atom stereocenters. The van der Waals surface area contributed by atoms with E-state index in [1.165, 1.54) is 11.4 Å². The van der Waals surface area contributed by atoms with Crippen molar-refractivity contribution in [3.8, 4) is 5.69 Å². The van der Waals surface area contributed by atoms with Crippen LogP contribution in [0.2, 0.25) is 0 Å². The lowest BCUT2D eigenvalue weighted by molar-refractivity contribution is 0.769. The van der Waals surface area contributed by atoms with E-state index in [0.717, 1.165) is 23.6 Å². The highest BCUT2D eigenvalue weighted by Gasteiger charge is 2.17. The van der Waals surface area contributed by atoms with Gasteiger partial charge in [-0.1, -0.05) is 23.4 Å². The van der Waals surface area contributed by atoms with Crippen LogP contribution in [0, 0.1) is 0 Å². The highest BCUT2D eigenvalue weighted by atomic mass is 32.2. The molecule has 2 aromatic rings. The van der Waals surface area contributed by atoms with E-state index >= 15 is 0 Å². The van der Waals surface area contributed by atoms with Gasteiger partial charge in [0.15, 0.2) is 0 Å². The van der Waals surface area contributed by atoms with E-state index in [1.54, 1.807) is 0 Å². The van der Waals surface area contributed by atoms with Crippen molar-refractivity contribution in [2.45, 2.75) is 12.2 Å². The maximum absolute atomic E-state index is 4.23. The van der Waals surface area contributed by atoms with E-state index < -0.39 is 0 Å². The fourth-order valence-corrected chi connectivity index (χ4v) is 2.71. The minimum Gasteiger partial charge on any atom is -0.217 e. The fraction of sp³-hybridized carbons (Fsp3) is 0.273. The SMILES string of the molecule is c1ccc(-n2nnc3c2CCSC3)cc1. The number of rotatable bonds is 1. The predicted octanol–water partition coefficient (Wildman–Crippen LogP) is 2.06. The molecule has 0 radical (unpaired) electrons. The summed E-state index contributed by atoms with van der Waals surface area (Å²) in [5.74, 6) is 2.18. The zero-order valence-electron chi connectivity index (χ0n) is 8.26. The number of thioether (sulfide) groups is 1. The summed E-state index contributed by atoms with van der Waals surface area (Å²) in [6.07, 6.45) is 1.07. The molecule has 15 heavy (non-hydrogen) atoms. The van der Waals surface area contributed by atoms with E-state index in [-0.39, 0.29) is 0 Å². The first kappa shape index (κ1) is 8.97. The zero-order chi connectivity index (χ0) is 10.1. The van der Waals surface area contributed by atoms with Crippen molar-refractivity contribution in [2.75, 3.05) is 5.75 Å². The van der Waals surface area contributed by atoms with Crippen LogP contribution in [-0.2, 0) is 12.2 Å². The van der Waals surface area contributed by atoms with Gasteiger partial charge in [-0.05, 0) is 17.9 Å². The minimum absolute atomic E-state index is 1.00. The molecule has 0 aliphatic carbocycles. The third-order valence-corrected chi connectivity index (χ3v) is 3.54. The number of para-hydroxylation sites is 1. The predicted molar refractivity (Wildman–Crippen MR) is 61.2 cm³/mol. The van der Waals surface area contributed by atoms with Gasteiger partial charge in [-0.25, -0.2) is 4.68 Å². The molecule has 1 aliphatic heterocycles. The summed E-state index contributed by atoms with van der Waals surface area (Å²) < 4.78 is 1.97. The van der Waals surface area contributed by atoms with E-state index in [4.69, 9.17) is 0 Å². The van der Waals surface area contributed by atoms with Crippen molar-refractivity contribution in [1.82, 2.24) is 15.0 Å². The normalized spacial score (nSPS) is 14.9. The molecule has 0 unspecified atom stereocenters. The van der Waals surface area contributed by atoms with E-state index in [0.29, 0.717) is 0 Å². The summed E-state index contributed by atoms with van der Waals surface area (Å²) in [4.78, 5) is 0. The number of hydrogen-bond donors (Lipinski definition) is 0. The van der Waals surface area contributed by atoms with Gasteiger partial charge in [0.2, 0.25) is 0 Å². The van der Waals surface area contributed by atoms with Crippen LogP contribution in [0.4, 0.5) is 0 Å². The van der Waals surface area contributed by atoms with Gasteiger partial charge in [0.25, 0.3) is 0 Å². The highest BCUT2D eigenvalue weighted by molar-refractivity contribution is 7.98. The second-order valence-electron chi connectivity index (χ2n) is 3.53. The van der Waals surface area contributed by atoms with Crippen molar-refractivity contribution >= 4 is 11.8 Å². The first-order valence-corrected chi connectivity index (χ1v) is 6.17. The van der Waals surface area contributed by atoms with Gasteiger partial charge in [0.05, 0.1) is 17.1 Å². The molecular formula is C11H11N3S. The molecule has 2 heterocycles. The average Bonchev–Trinajstić information content (AvgIpc) is 2.74. The Morgan fingerprint density at radius 2 is 2.07 bits per heavy atom. The van der Waals surface area contributed by atoms with E-state index in [9.17, 15) is 0 Å².